The van der Waals surface area contributed by atoms with Crippen molar-refractivity contribution in [3.63, 3.8) is 0 Å². The summed E-state index contributed by atoms with van der Waals surface area (Å²) in [5.74, 6) is 0. The van der Waals surface area contributed by atoms with Crippen molar-refractivity contribution in [1.82, 2.24) is 0 Å². The molecular weight excluding hydrogens is 220 g/mol. The molecule has 2 nitrogen and oxygen atoms in total. The van der Waals surface area contributed by atoms with Crippen molar-refractivity contribution in [1.29, 1.82) is 5.26 Å². The summed E-state index contributed by atoms with van der Waals surface area (Å²) in [4.78, 5) is 0. The van der Waals surface area contributed by atoms with Crippen molar-refractivity contribution < 1.29 is 0 Å². The highest BCUT2D eigenvalue weighted by molar-refractivity contribution is 6.30. The molecule has 3 heteroatoms. The molecular formula is C13H9ClN2. The van der Waals surface area contributed by atoms with E-state index in [0.29, 0.717) is 16.3 Å². The lowest BCUT2D eigenvalue weighted by molar-refractivity contribution is 1.48. The first-order valence-corrected chi connectivity index (χ1v) is 5.14. The molecule has 0 aliphatic heterocycles. The minimum Gasteiger partial charge on any atom is -0.399 e. The van der Waals surface area contributed by atoms with Crippen molar-refractivity contribution in [3.05, 3.63) is 53.1 Å². The molecule has 0 spiro atoms. The topological polar surface area (TPSA) is 49.8 Å². The third-order valence-electron chi connectivity index (χ3n) is 2.32. The lowest BCUT2D eigenvalue weighted by Crippen LogP contribution is -1.89. The largest absolute Gasteiger partial charge is 0.399 e. The molecule has 2 rings (SSSR count). The van der Waals surface area contributed by atoms with Crippen LogP contribution in [0.15, 0.2) is 42.5 Å². The fourth-order valence-corrected chi connectivity index (χ4v) is 1.65. The second-order valence-electron chi connectivity index (χ2n) is 3.42. The predicted octanol–water partition coefficient (Wildman–Crippen LogP) is 3.46. The van der Waals surface area contributed by atoms with E-state index in [4.69, 9.17) is 22.6 Å². The van der Waals surface area contributed by atoms with Gasteiger partial charge in [0, 0.05) is 16.3 Å². The Hall–Kier alpha value is -1.98. The smallest absolute Gasteiger partial charge is 0.0998 e. The Morgan fingerprint density at radius 3 is 2.38 bits per heavy atom. The van der Waals surface area contributed by atoms with Gasteiger partial charge in [0.1, 0.15) is 0 Å². The average molecular weight is 229 g/mol. The molecule has 0 atom stereocenters. The Kier molecular flexibility index (Phi) is 2.80. The van der Waals surface area contributed by atoms with Gasteiger partial charge in [0.2, 0.25) is 0 Å². The van der Waals surface area contributed by atoms with Crippen LogP contribution in [0.25, 0.3) is 11.1 Å². The van der Waals surface area contributed by atoms with Crippen LogP contribution in [0.5, 0.6) is 0 Å². The summed E-state index contributed by atoms with van der Waals surface area (Å²) in [7, 11) is 0. The molecule has 0 aliphatic carbocycles. The molecule has 78 valence electrons. The molecule has 0 unspecified atom stereocenters. The molecule has 0 aliphatic rings. The first kappa shape index (κ1) is 10.5. The number of nitrogens with two attached hydrogens (primary N) is 1. The summed E-state index contributed by atoms with van der Waals surface area (Å²) >= 11 is 5.81. The van der Waals surface area contributed by atoms with Crippen LogP contribution in [-0.4, -0.2) is 0 Å². The lowest BCUT2D eigenvalue weighted by Gasteiger charge is -2.05. The normalized spacial score (nSPS) is 9.75. The quantitative estimate of drug-likeness (QED) is 0.760. The maximum atomic E-state index is 9.01. The molecule has 2 aromatic rings. The standard InChI is InChI=1S/C13H9ClN2/c14-11-4-1-9(2-5-11)13-7-12(16)6-3-10(13)8-15/h1-7H,16H2. The number of nitriles is 1. The lowest BCUT2D eigenvalue weighted by atomic mass is 10.00. The number of halogens is 1. The van der Waals surface area contributed by atoms with Crippen LogP contribution in [0.1, 0.15) is 5.56 Å². The monoisotopic (exact) mass is 228 g/mol. The van der Waals surface area contributed by atoms with E-state index >= 15 is 0 Å². The summed E-state index contributed by atoms with van der Waals surface area (Å²) in [5.41, 5.74) is 8.74. The van der Waals surface area contributed by atoms with Gasteiger partial charge < -0.3 is 5.73 Å². The van der Waals surface area contributed by atoms with Crippen LogP contribution in [-0.2, 0) is 0 Å². The molecule has 16 heavy (non-hydrogen) atoms. The van der Waals surface area contributed by atoms with E-state index in [-0.39, 0.29) is 0 Å². The Morgan fingerprint density at radius 1 is 1.06 bits per heavy atom. The first-order chi connectivity index (χ1) is 7.70. The van der Waals surface area contributed by atoms with E-state index in [1.807, 2.05) is 12.1 Å². The molecule has 0 saturated heterocycles. The zero-order chi connectivity index (χ0) is 11.5. The highest BCUT2D eigenvalue weighted by Crippen LogP contribution is 2.26. The van der Waals surface area contributed by atoms with Gasteiger partial charge in [-0.3, -0.25) is 0 Å². The number of anilines is 1. The van der Waals surface area contributed by atoms with Gasteiger partial charge in [-0.15, -0.1) is 0 Å². The minimum absolute atomic E-state index is 0.608. The van der Waals surface area contributed by atoms with Crippen LogP contribution in [0.4, 0.5) is 5.69 Å². The van der Waals surface area contributed by atoms with Gasteiger partial charge in [-0.1, -0.05) is 23.7 Å². The zero-order valence-corrected chi connectivity index (χ0v) is 9.20. The number of hydrogen-bond donors (Lipinski definition) is 1. The van der Waals surface area contributed by atoms with Crippen molar-refractivity contribution in [2.75, 3.05) is 5.73 Å². The van der Waals surface area contributed by atoms with Crippen molar-refractivity contribution in [2.24, 2.45) is 0 Å². The van der Waals surface area contributed by atoms with Gasteiger partial charge >= 0.3 is 0 Å². The molecule has 0 amide bonds. The second-order valence-corrected chi connectivity index (χ2v) is 3.86. The third kappa shape index (κ3) is 2.00. The van der Waals surface area contributed by atoms with Gasteiger partial charge in [0.15, 0.2) is 0 Å². The van der Waals surface area contributed by atoms with E-state index < -0.39 is 0 Å². The van der Waals surface area contributed by atoms with Gasteiger partial charge in [-0.25, -0.2) is 0 Å². The second kappa shape index (κ2) is 4.26. The van der Waals surface area contributed by atoms with Crippen LogP contribution in [0.3, 0.4) is 0 Å². The number of rotatable bonds is 1. The predicted molar refractivity (Wildman–Crippen MR) is 66.0 cm³/mol. The van der Waals surface area contributed by atoms with Gasteiger partial charge in [-0.2, -0.15) is 5.26 Å². The van der Waals surface area contributed by atoms with Crippen molar-refractivity contribution in [3.8, 4) is 17.2 Å². The van der Waals surface area contributed by atoms with E-state index in [1.165, 1.54) is 0 Å². The first-order valence-electron chi connectivity index (χ1n) is 4.76. The molecule has 2 aromatic carbocycles. The molecule has 0 bridgehead atoms. The van der Waals surface area contributed by atoms with E-state index in [9.17, 15) is 0 Å². The molecule has 0 aromatic heterocycles. The number of nitrogens with zero attached hydrogens (tertiary/aromatic N) is 1. The highest BCUT2D eigenvalue weighted by Gasteiger charge is 2.04. The third-order valence-corrected chi connectivity index (χ3v) is 2.57. The summed E-state index contributed by atoms with van der Waals surface area (Å²) in [5, 5.41) is 9.68. The maximum absolute atomic E-state index is 9.01. The zero-order valence-electron chi connectivity index (χ0n) is 8.44. The summed E-state index contributed by atoms with van der Waals surface area (Å²) in [6, 6.07) is 14.7. The maximum Gasteiger partial charge on any atom is 0.0998 e. The van der Waals surface area contributed by atoms with Crippen LogP contribution < -0.4 is 5.73 Å². The Labute approximate surface area is 98.9 Å². The molecule has 0 fully saturated rings. The van der Waals surface area contributed by atoms with Crippen molar-refractivity contribution >= 4 is 17.3 Å². The minimum atomic E-state index is 0.608. The summed E-state index contributed by atoms with van der Waals surface area (Å²) < 4.78 is 0. The molecule has 0 radical (unpaired) electrons. The van der Waals surface area contributed by atoms with Gasteiger partial charge in [-0.05, 0) is 35.9 Å². The Balaban J connectivity index is 2.59. The Morgan fingerprint density at radius 2 is 1.75 bits per heavy atom. The van der Waals surface area contributed by atoms with Crippen LogP contribution >= 0.6 is 11.6 Å². The average Bonchev–Trinajstić information content (AvgIpc) is 2.30. The summed E-state index contributed by atoms with van der Waals surface area (Å²) in [6.45, 7) is 0. The van der Waals surface area contributed by atoms with Crippen LogP contribution in [0, 0.1) is 11.3 Å². The number of nitrogen functional groups attached to an aromatic ring is 1. The molecule has 0 heterocycles. The van der Waals surface area contributed by atoms with Crippen molar-refractivity contribution in [2.45, 2.75) is 0 Å². The van der Waals surface area contributed by atoms with Crippen LogP contribution in [0.2, 0.25) is 5.02 Å². The molecule has 0 saturated carbocycles. The molecule has 2 N–H and O–H groups in total. The number of benzene rings is 2. The SMILES string of the molecule is N#Cc1ccc(N)cc1-c1ccc(Cl)cc1. The van der Waals surface area contributed by atoms with E-state index in [0.717, 1.165) is 11.1 Å². The van der Waals surface area contributed by atoms with E-state index in [1.54, 1.807) is 30.3 Å². The number of hydrogen-bond acceptors (Lipinski definition) is 2. The summed E-state index contributed by atoms with van der Waals surface area (Å²) in [6.07, 6.45) is 0. The fourth-order valence-electron chi connectivity index (χ4n) is 1.53. The Bertz CT molecular complexity index is 553. The highest BCUT2D eigenvalue weighted by atomic mass is 35.5. The van der Waals surface area contributed by atoms with E-state index in [2.05, 4.69) is 6.07 Å². The fraction of sp³-hybridized carbons (Fsp3) is 0. The van der Waals surface area contributed by atoms with Gasteiger partial charge in [0.25, 0.3) is 0 Å². The van der Waals surface area contributed by atoms with Gasteiger partial charge in [0.05, 0.1) is 11.6 Å².